The van der Waals surface area contributed by atoms with Gasteiger partial charge in [0.15, 0.2) is 0 Å². The van der Waals surface area contributed by atoms with Crippen LogP contribution in [0, 0.1) is 11.6 Å². The molecule has 0 radical (unpaired) electrons. The minimum Gasteiger partial charge on any atom is -0.390 e. The highest BCUT2D eigenvalue weighted by Gasteiger charge is 2.20. The quantitative estimate of drug-likeness (QED) is 0.891. The fourth-order valence-corrected chi connectivity index (χ4v) is 1.91. The molecule has 0 amide bonds. The molecule has 2 unspecified atom stereocenters. The van der Waals surface area contributed by atoms with Crippen LogP contribution in [-0.4, -0.2) is 16.3 Å². The van der Waals surface area contributed by atoms with Crippen LogP contribution in [0.3, 0.4) is 0 Å². The second-order valence-corrected chi connectivity index (χ2v) is 4.36. The molecule has 0 bridgehead atoms. The van der Waals surface area contributed by atoms with E-state index in [1.54, 1.807) is 30.3 Å². The maximum atomic E-state index is 13.4. The van der Waals surface area contributed by atoms with Crippen molar-refractivity contribution in [2.45, 2.75) is 18.6 Å². The van der Waals surface area contributed by atoms with Gasteiger partial charge in [-0.1, -0.05) is 30.3 Å². The van der Waals surface area contributed by atoms with Gasteiger partial charge in [-0.05, 0) is 29.3 Å². The normalized spacial score (nSPS) is 14.1. The zero-order chi connectivity index (χ0) is 13.8. The SMILES string of the molecule is OC(Cc1cc(F)ccc1F)C(O)c1ccccc1. The Hall–Kier alpha value is -1.78. The van der Waals surface area contributed by atoms with Gasteiger partial charge in [0.05, 0.1) is 6.10 Å². The van der Waals surface area contributed by atoms with Crippen molar-refractivity contribution in [2.24, 2.45) is 0 Å². The maximum Gasteiger partial charge on any atom is 0.126 e. The van der Waals surface area contributed by atoms with E-state index in [-0.39, 0.29) is 12.0 Å². The smallest absolute Gasteiger partial charge is 0.126 e. The molecule has 0 saturated heterocycles. The van der Waals surface area contributed by atoms with Gasteiger partial charge in [0, 0.05) is 6.42 Å². The third-order valence-electron chi connectivity index (χ3n) is 2.94. The molecule has 0 heterocycles. The second-order valence-electron chi connectivity index (χ2n) is 4.36. The molecule has 0 saturated carbocycles. The molecule has 0 aliphatic carbocycles. The molecule has 100 valence electrons. The van der Waals surface area contributed by atoms with Gasteiger partial charge in [-0.2, -0.15) is 0 Å². The van der Waals surface area contributed by atoms with Crippen LogP contribution in [0.4, 0.5) is 8.78 Å². The van der Waals surface area contributed by atoms with Crippen molar-refractivity contribution >= 4 is 0 Å². The van der Waals surface area contributed by atoms with Crippen molar-refractivity contribution in [2.75, 3.05) is 0 Å². The first-order chi connectivity index (χ1) is 9.08. The third kappa shape index (κ3) is 3.36. The van der Waals surface area contributed by atoms with Crippen molar-refractivity contribution in [3.8, 4) is 0 Å². The fraction of sp³-hybridized carbons (Fsp3) is 0.200. The van der Waals surface area contributed by atoms with E-state index < -0.39 is 23.8 Å². The molecule has 0 aliphatic heterocycles. The lowest BCUT2D eigenvalue weighted by atomic mass is 9.98. The largest absolute Gasteiger partial charge is 0.390 e. The Morgan fingerprint density at radius 3 is 2.32 bits per heavy atom. The summed E-state index contributed by atoms with van der Waals surface area (Å²) < 4.78 is 26.4. The molecular formula is C15H14F2O2. The molecule has 2 N–H and O–H groups in total. The highest BCUT2D eigenvalue weighted by Crippen LogP contribution is 2.21. The first-order valence-corrected chi connectivity index (χ1v) is 5.93. The van der Waals surface area contributed by atoms with E-state index in [0.717, 1.165) is 18.2 Å². The van der Waals surface area contributed by atoms with Crippen LogP contribution in [0.1, 0.15) is 17.2 Å². The molecule has 19 heavy (non-hydrogen) atoms. The van der Waals surface area contributed by atoms with Gasteiger partial charge in [-0.3, -0.25) is 0 Å². The summed E-state index contributed by atoms with van der Waals surface area (Å²) in [5.41, 5.74) is 0.578. The number of aliphatic hydroxyl groups is 2. The number of aliphatic hydroxyl groups excluding tert-OH is 2. The van der Waals surface area contributed by atoms with Crippen molar-refractivity contribution in [3.05, 3.63) is 71.3 Å². The van der Waals surface area contributed by atoms with Crippen LogP contribution in [0.5, 0.6) is 0 Å². The third-order valence-corrected chi connectivity index (χ3v) is 2.94. The number of rotatable bonds is 4. The lowest BCUT2D eigenvalue weighted by Crippen LogP contribution is -2.21. The van der Waals surface area contributed by atoms with E-state index in [2.05, 4.69) is 0 Å². The van der Waals surface area contributed by atoms with E-state index in [9.17, 15) is 19.0 Å². The van der Waals surface area contributed by atoms with Crippen molar-refractivity contribution in [1.82, 2.24) is 0 Å². The number of hydrogen-bond donors (Lipinski definition) is 2. The highest BCUT2D eigenvalue weighted by molar-refractivity contribution is 5.22. The Morgan fingerprint density at radius 1 is 0.947 bits per heavy atom. The number of hydrogen-bond acceptors (Lipinski definition) is 2. The van der Waals surface area contributed by atoms with E-state index in [1.165, 1.54) is 0 Å². The van der Waals surface area contributed by atoms with Crippen molar-refractivity contribution < 1.29 is 19.0 Å². The standard InChI is InChI=1S/C15H14F2O2/c16-12-6-7-13(17)11(8-12)9-14(18)15(19)10-4-2-1-3-5-10/h1-8,14-15,18-19H,9H2. The molecular weight excluding hydrogens is 250 g/mol. The summed E-state index contributed by atoms with van der Waals surface area (Å²) in [5.74, 6) is -1.17. The zero-order valence-electron chi connectivity index (χ0n) is 10.1. The van der Waals surface area contributed by atoms with Gasteiger partial charge < -0.3 is 10.2 Å². The molecule has 4 heteroatoms. The average molecular weight is 264 g/mol. The summed E-state index contributed by atoms with van der Waals surface area (Å²) in [6.07, 6.45) is -2.48. The Labute approximate surface area is 110 Å². The van der Waals surface area contributed by atoms with E-state index in [0.29, 0.717) is 5.56 Å². The van der Waals surface area contributed by atoms with E-state index >= 15 is 0 Å². The molecule has 2 nitrogen and oxygen atoms in total. The van der Waals surface area contributed by atoms with Gasteiger partial charge in [0.2, 0.25) is 0 Å². The number of benzene rings is 2. The summed E-state index contributed by atoms with van der Waals surface area (Å²) in [4.78, 5) is 0. The Morgan fingerprint density at radius 2 is 1.63 bits per heavy atom. The maximum absolute atomic E-state index is 13.4. The van der Waals surface area contributed by atoms with Gasteiger partial charge in [0.25, 0.3) is 0 Å². The van der Waals surface area contributed by atoms with E-state index in [4.69, 9.17) is 0 Å². The molecule has 0 aliphatic rings. The molecule has 2 rings (SSSR count). The Kier molecular flexibility index (Phi) is 4.24. The van der Waals surface area contributed by atoms with E-state index in [1.807, 2.05) is 0 Å². The number of halogens is 2. The molecule has 2 aromatic rings. The van der Waals surface area contributed by atoms with Gasteiger partial charge >= 0.3 is 0 Å². The zero-order valence-corrected chi connectivity index (χ0v) is 10.1. The average Bonchev–Trinajstić information content (AvgIpc) is 2.43. The minimum absolute atomic E-state index is 0.0440. The van der Waals surface area contributed by atoms with Crippen LogP contribution < -0.4 is 0 Å². The predicted molar refractivity (Wildman–Crippen MR) is 67.5 cm³/mol. The Bertz CT molecular complexity index is 543. The van der Waals surface area contributed by atoms with Crippen molar-refractivity contribution in [3.63, 3.8) is 0 Å². The van der Waals surface area contributed by atoms with Crippen molar-refractivity contribution in [1.29, 1.82) is 0 Å². The van der Waals surface area contributed by atoms with Crippen LogP contribution >= 0.6 is 0 Å². The summed E-state index contributed by atoms with van der Waals surface area (Å²) in [7, 11) is 0. The monoisotopic (exact) mass is 264 g/mol. The van der Waals surface area contributed by atoms with Gasteiger partial charge in [-0.15, -0.1) is 0 Å². The van der Waals surface area contributed by atoms with Crippen LogP contribution in [0.2, 0.25) is 0 Å². The first-order valence-electron chi connectivity index (χ1n) is 5.93. The Balaban J connectivity index is 2.12. The van der Waals surface area contributed by atoms with Crippen LogP contribution in [0.25, 0.3) is 0 Å². The second kappa shape index (κ2) is 5.91. The molecule has 0 fully saturated rings. The summed E-state index contributed by atoms with van der Waals surface area (Å²) in [6, 6.07) is 11.6. The molecule has 2 aromatic carbocycles. The van der Waals surface area contributed by atoms with Crippen LogP contribution in [-0.2, 0) is 6.42 Å². The topological polar surface area (TPSA) is 40.5 Å². The lowest BCUT2D eigenvalue weighted by Gasteiger charge is -2.18. The predicted octanol–water partition coefficient (Wildman–Crippen LogP) is 2.60. The lowest BCUT2D eigenvalue weighted by molar-refractivity contribution is 0.0185. The van der Waals surface area contributed by atoms with Crippen LogP contribution in [0.15, 0.2) is 48.5 Å². The summed E-state index contributed by atoms with van der Waals surface area (Å²) in [5, 5.41) is 19.8. The fourth-order valence-electron chi connectivity index (χ4n) is 1.91. The highest BCUT2D eigenvalue weighted by atomic mass is 19.1. The summed E-state index contributed by atoms with van der Waals surface area (Å²) >= 11 is 0. The molecule has 0 spiro atoms. The first kappa shape index (κ1) is 13.6. The molecule has 0 aromatic heterocycles. The van der Waals surface area contributed by atoms with Gasteiger partial charge in [0.1, 0.15) is 17.7 Å². The molecule has 2 atom stereocenters. The van der Waals surface area contributed by atoms with Gasteiger partial charge in [-0.25, -0.2) is 8.78 Å². The summed E-state index contributed by atoms with van der Waals surface area (Å²) in [6.45, 7) is 0. The minimum atomic E-state index is -1.20.